The number of thiazole rings is 1. The lowest BCUT2D eigenvalue weighted by Gasteiger charge is -2.39. The first-order chi connectivity index (χ1) is 9.58. The average Bonchev–Trinajstić information content (AvgIpc) is 2.80. The van der Waals surface area contributed by atoms with Crippen molar-refractivity contribution in [3.8, 4) is 0 Å². The van der Waals surface area contributed by atoms with Gasteiger partial charge in [0.2, 0.25) is 0 Å². The van der Waals surface area contributed by atoms with Crippen LogP contribution in [0.25, 0.3) is 0 Å². The molecule has 4 heteroatoms. The van der Waals surface area contributed by atoms with Crippen molar-refractivity contribution < 1.29 is 4.74 Å². The lowest BCUT2D eigenvalue weighted by molar-refractivity contribution is 0.145. The second kappa shape index (κ2) is 7.01. The van der Waals surface area contributed by atoms with Gasteiger partial charge >= 0.3 is 0 Å². The molecule has 2 rings (SSSR count). The third kappa shape index (κ3) is 3.41. The Bertz CT molecular complexity index is 407. The molecule has 0 saturated heterocycles. The number of nitrogens with zero attached hydrogens (tertiary/aromatic N) is 1. The summed E-state index contributed by atoms with van der Waals surface area (Å²) in [6.45, 7) is 8.28. The smallest absolute Gasteiger partial charge is 0.113 e. The molecule has 114 valence electrons. The van der Waals surface area contributed by atoms with Gasteiger partial charge in [-0.25, -0.2) is 4.98 Å². The minimum Gasteiger partial charge on any atom is -0.383 e. The molecule has 1 heterocycles. The van der Waals surface area contributed by atoms with Gasteiger partial charge in [0.05, 0.1) is 17.8 Å². The second-order valence-electron chi connectivity index (χ2n) is 6.12. The van der Waals surface area contributed by atoms with Crippen molar-refractivity contribution >= 4 is 11.3 Å². The summed E-state index contributed by atoms with van der Waals surface area (Å²) < 4.78 is 5.21. The minimum absolute atomic E-state index is 0.00262. The van der Waals surface area contributed by atoms with Gasteiger partial charge in [-0.05, 0) is 39.5 Å². The molecule has 1 N–H and O–H groups in total. The van der Waals surface area contributed by atoms with Crippen molar-refractivity contribution in [3.63, 3.8) is 0 Å². The van der Waals surface area contributed by atoms with E-state index in [1.165, 1.54) is 47.7 Å². The van der Waals surface area contributed by atoms with Gasteiger partial charge in [-0.15, -0.1) is 11.3 Å². The summed E-state index contributed by atoms with van der Waals surface area (Å²) in [5.41, 5.74) is 1.18. The van der Waals surface area contributed by atoms with Gasteiger partial charge < -0.3 is 10.1 Å². The van der Waals surface area contributed by atoms with E-state index in [0.29, 0.717) is 5.92 Å². The number of aromatic nitrogens is 1. The van der Waals surface area contributed by atoms with Crippen LogP contribution in [-0.4, -0.2) is 25.2 Å². The van der Waals surface area contributed by atoms with Crippen LogP contribution < -0.4 is 5.32 Å². The Morgan fingerprint density at radius 2 is 2.00 bits per heavy atom. The van der Waals surface area contributed by atoms with E-state index < -0.39 is 0 Å². The maximum atomic E-state index is 5.21. The van der Waals surface area contributed by atoms with E-state index in [4.69, 9.17) is 9.72 Å². The molecule has 0 radical (unpaired) electrons. The highest BCUT2D eigenvalue weighted by Gasteiger charge is 2.38. The lowest BCUT2D eigenvalue weighted by atomic mass is 9.76. The van der Waals surface area contributed by atoms with Crippen LogP contribution >= 0.6 is 11.3 Å². The average molecular weight is 296 g/mol. The zero-order chi connectivity index (χ0) is 14.6. The van der Waals surface area contributed by atoms with Crippen LogP contribution in [0.3, 0.4) is 0 Å². The molecule has 20 heavy (non-hydrogen) atoms. The molecule has 1 aromatic rings. The van der Waals surface area contributed by atoms with Crippen LogP contribution in [0.1, 0.15) is 54.6 Å². The monoisotopic (exact) mass is 296 g/mol. The number of aryl methyl sites for hydroxylation is 2. The third-order valence-electron chi connectivity index (χ3n) is 4.69. The minimum atomic E-state index is 0.00262. The van der Waals surface area contributed by atoms with Crippen molar-refractivity contribution in [1.82, 2.24) is 10.3 Å². The SMILES string of the molecule is COCCNC(C)(c1nc(C)c(C)s1)C1CCCCC1. The molecule has 0 aliphatic heterocycles. The van der Waals surface area contributed by atoms with E-state index in [2.05, 4.69) is 26.1 Å². The molecule has 1 saturated carbocycles. The topological polar surface area (TPSA) is 34.1 Å². The number of nitrogens with one attached hydrogen (secondary N) is 1. The molecule has 1 aliphatic rings. The molecule has 3 nitrogen and oxygen atoms in total. The molecule has 0 bridgehead atoms. The molecule has 1 unspecified atom stereocenters. The maximum absolute atomic E-state index is 5.21. The Balaban J connectivity index is 2.21. The molecule has 1 atom stereocenters. The second-order valence-corrected chi connectivity index (χ2v) is 7.32. The Morgan fingerprint density at radius 3 is 2.55 bits per heavy atom. The van der Waals surface area contributed by atoms with Gasteiger partial charge in [0.15, 0.2) is 0 Å². The van der Waals surface area contributed by atoms with E-state index in [9.17, 15) is 0 Å². The standard InChI is InChI=1S/C16H28N2OS/c1-12-13(2)20-15(18-12)16(3,17-10-11-19-4)14-8-6-5-7-9-14/h14,17H,5-11H2,1-4H3. The highest BCUT2D eigenvalue weighted by molar-refractivity contribution is 7.11. The zero-order valence-corrected chi connectivity index (χ0v) is 14.1. The summed E-state index contributed by atoms with van der Waals surface area (Å²) >= 11 is 1.86. The highest BCUT2D eigenvalue weighted by Crippen LogP contribution is 2.41. The van der Waals surface area contributed by atoms with Crippen molar-refractivity contribution in [3.05, 3.63) is 15.6 Å². The number of ether oxygens (including phenoxy) is 1. The molecule has 1 fully saturated rings. The molecule has 1 aliphatic carbocycles. The van der Waals surface area contributed by atoms with Gasteiger partial charge in [0, 0.05) is 18.5 Å². The van der Waals surface area contributed by atoms with Crippen LogP contribution in [0.15, 0.2) is 0 Å². The summed E-state index contributed by atoms with van der Waals surface area (Å²) in [5.74, 6) is 0.693. The third-order valence-corrected chi connectivity index (χ3v) is 6.00. The molecule has 0 amide bonds. The zero-order valence-electron chi connectivity index (χ0n) is 13.3. The Kier molecular flexibility index (Phi) is 5.58. The number of hydrogen-bond donors (Lipinski definition) is 1. The Morgan fingerprint density at radius 1 is 1.30 bits per heavy atom. The van der Waals surface area contributed by atoms with E-state index in [1.54, 1.807) is 7.11 Å². The van der Waals surface area contributed by atoms with Gasteiger partial charge in [0.25, 0.3) is 0 Å². The van der Waals surface area contributed by atoms with Crippen molar-refractivity contribution in [1.29, 1.82) is 0 Å². The van der Waals surface area contributed by atoms with Crippen LogP contribution in [-0.2, 0) is 10.3 Å². The number of rotatable bonds is 6. The van der Waals surface area contributed by atoms with Crippen LogP contribution in [0.2, 0.25) is 0 Å². The summed E-state index contributed by atoms with van der Waals surface area (Å²) in [5, 5.41) is 5.01. The van der Waals surface area contributed by atoms with Crippen molar-refractivity contribution in [2.45, 2.75) is 58.4 Å². The molecule has 0 spiro atoms. The van der Waals surface area contributed by atoms with Crippen LogP contribution in [0, 0.1) is 19.8 Å². The molecular weight excluding hydrogens is 268 g/mol. The molecular formula is C16H28N2OS. The Labute approximate surface area is 127 Å². The fourth-order valence-electron chi connectivity index (χ4n) is 3.18. The largest absolute Gasteiger partial charge is 0.383 e. The molecule has 1 aromatic heterocycles. The van der Waals surface area contributed by atoms with E-state index in [0.717, 1.165) is 13.2 Å². The summed E-state index contributed by atoms with van der Waals surface area (Å²) in [4.78, 5) is 6.19. The first-order valence-corrected chi connectivity index (χ1v) is 8.58. The molecule has 0 aromatic carbocycles. The van der Waals surface area contributed by atoms with Crippen molar-refractivity contribution in [2.75, 3.05) is 20.3 Å². The normalized spacial score (nSPS) is 20.0. The lowest BCUT2D eigenvalue weighted by Crippen LogP contribution is -2.48. The van der Waals surface area contributed by atoms with Crippen LogP contribution in [0.4, 0.5) is 0 Å². The van der Waals surface area contributed by atoms with E-state index >= 15 is 0 Å². The summed E-state index contributed by atoms with van der Waals surface area (Å²) in [6, 6.07) is 0. The summed E-state index contributed by atoms with van der Waals surface area (Å²) in [7, 11) is 1.76. The fraction of sp³-hybridized carbons (Fsp3) is 0.812. The van der Waals surface area contributed by atoms with E-state index in [1.807, 2.05) is 11.3 Å². The first kappa shape index (κ1) is 15.9. The predicted molar refractivity (Wildman–Crippen MR) is 85.4 cm³/mol. The van der Waals surface area contributed by atoms with Gasteiger partial charge in [-0.2, -0.15) is 0 Å². The first-order valence-electron chi connectivity index (χ1n) is 7.76. The summed E-state index contributed by atoms with van der Waals surface area (Å²) in [6.07, 6.45) is 6.73. The van der Waals surface area contributed by atoms with Gasteiger partial charge in [-0.3, -0.25) is 0 Å². The predicted octanol–water partition coefficient (Wildman–Crippen LogP) is 3.79. The van der Waals surface area contributed by atoms with E-state index in [-0.39, 0.29) is 5.54 Å². The maximum Gasteiger partial charge on any atom is 0.113 e. The number of hydrogen-bond acceptors (Lipinski definition) is 4. The number of methoxy groups -OCH3 is 1. The van der Waals surface area contributed by atoms with Crippen LogP contribution in [0.5, 0.6) is 0 Å². The van der Waals surface area contributed by atoms with Gasteiger partial charge in [-0.1, -0.05) is 19.3 Å². The van der Waals surface area contributed by atoms with Crippen molar-refractivity contribution in [2.24, 2.45) is 5.92 Å². The quantitative estimate of drug-likeness (QED) is 0.811. The van der Waals surface area contributed by atoms with Gasteiger partial charge in [0.1, 0.15) is 5.01 Å². The highest BCUT2D eigenvalue weighted by atomic mass is 32.1. The fourth-order valence-corrected chi connectivity index (χ4v) is 4.30. The Hall–Kier alpha value is -0.450.